The number of amides is 1. The Hall–Kier alpha value is -3.04. The predicted molar refractivity (Wildman–Crippen MR) is 113 cm³/mol. The monoisotopic (exact) mass is 440 g/mol. The molecule has 0 spiro atoms. The molecule has 5 nitrogen and oxygen atoms in total. The first-order chi connectivity index (χ1) is 13.5. The molecule has 0 saturated carbocycles. The molecule has 0 bridgehead atoms. The molecule has 0 fully saturated rings. The van der Waals surface area contributed by atoms with Crippen LogP contribution in [0.5, 0.6) is 11.5 Å². The maximum absolute atomic E-state index is 12.6. The Bertz CT molecular complexity index is 917. The van der Waals surface area contributed by atoms with Gasteiger partial charge in [0, 0.05) is 4.47 Å². The van der Waals surface area contributed by atoms with Crippen molar-refractivity contribution < 1.29 is 14.3 Å². The number of benzene rings is 2. The zero-order valence-corrected chi connectivity index (χ0v) is 17.3. The van der Waals surface area contributed by atoms with E-state index >= 15 is 0 Å². The third kappa shape index (κ3) is 5.48. The standard InChI is InChI=1S/C22H21BrN2O3/c1-4-10-28-21-13-19(23)17(12-20(21)27-3)11-18(14-24)22(26)25-15(2)16-8-6-5-7-9-16/h4-9,11-13,15H,1,10H2,2-3H3,(H,25,26)/b18-11-/t15-/m0/s1. The van der Waals surface area contributed by atoms with Crippen molar-refractivity contribution in [2.75, 3.05) is 13.7 Å². The van der Waals surface area contributed by atoms with Gasteiger partial charge >= 0.3 is 0 Å². The molecule has 0 aliphatic carbocycles. The maximum atomic E-state index is 12.6. The highest BCUT2D eigenvalue weighted by Crippen LogP contribution is 2.34. The van der Waals surface area contributed by atoms with Crippen molar-refractivity contribution in [2.24, 2.45) is 0 Å². The number of carbonyl (C=O) groups is 1. The Kier molecular flexibility index (Phi) is 7.85. The number of nitrogens with zero attached hydrogens (tertiary/aromatic N) is 1. The molecule has 0 aliphatic heterocycles. The Balaban J connectivity index is 2.26. The zero-order chi connectivity index (χ0) is 20.5. The average Bonchev–Trinajstić information content (AvgIpc) is 2.71. The summed E-state index contributed by atoms with van der Waals surface area (Å²) in [7, 11) is 1.52. The van der Waals surface area contributed by atoms with Crippen LogP contribution in [-0.4, -0.2) is 19.6 Å². The second-order valence-corrected chi connectivity index (χ2v) is 6.75. The fourth-order valence-electron chi connectivity index (χ4n) is 2.49. The fraction of sp³-hybridized carbons (Fsp3) is 0.182. The van der Waals surface area contributed by atoms with E-state index in [1.807, 2.05) is 43.3 Å². The predicted octanol–water partition coefficient (Wildman–Crippen LogP) is 4.81. The lowest BCUT2D eigenvalue weighted by Gasteiger charge is -2.14. The summed E-state index contributed by atoms with van der Waals surface area (Å²) in [5.41, 5.74) is 1.58. The van der Waals surface area contributed by atoms with Crippen molar-refractivity contribution in [2.45, 2.75) is 13.0 Å². The lowest BCUT2D eigenvalue weighted by Crippen LogP contribution is -2.27. The highest BCUT2D eigenvalue weighted by molar-refractivity contribution is 9.10. The van der Waals surface area contributed by atoms with Crippen LogP contribution in [0.25, 0.3) is 6.08 Å². The minimum atomic E-state index is -0.447. The molecule has 28 heavy (non-hydrogen) atoms. The van der Waals surface area contributed by atoms with Crippen LogP contribution in [0.1, 0.15) is 24.1 Å². The molecule has 2 aromatic carbocycles. The molecule has 0 aliphatic rings. The van der Waals surface area contributed by atoms with Crippen molar-refractivity contribution in [3.05, 3.63) is 76.3 Å². The Morgan fingerprint density at radius 2 is 2.04 bits per heavy atom. The summed E-state index contributed by atoms with van der Waals surface area (Å²) in [6, 6.07) is 14.7. The van der Waals surface area contributed by atoms with Gasteiger partial charge in [0.2, 0.25) is 0 Å². The third-order valence-electron chi connectivity index (χ3n) is 3.95. The largest absolute Gasteiger partial charge is 0.493 e. The normalized spacial score (nSPS) is 11.9. The number of nitrogens with one attached hydrogen (secondary N) is 1. The molecular weight excluding hydrogens is 420 g/mol. The smallest absolute Gasteiger partial charge is 0.262 e. The Morgan fingerprint density at radius 3 is 2.64 bits per heavy atom. The summed E-state index contributed by atoms with van der Waals surface area (Å²) in [6.07, 6.45) is 3.14. The van der Waals surface area contributed by atoms with Crippen molar-refractivity contribution in [1.29, 1.82) is 5.26 Å². The minimum Gasteiger partial charge on any atom is -0.493 e. The summed E-state index contributed by atoms with van der Waals surface area (Å²) in [5, 5.41) is 12.3. The Labute approximate surface area is 173 Å². The second-order valence-electron chi connectivity index (χ2n) is 5.90. The second kappa shape index (κ2) is 10.3. The fourth-order valence-corrected chi connectivity index (χ4v) is 2.92. The van der Waals surface area contributed by atoms with Gasteiger partial charge < -0.3 is 14.8 Å². The highest BCUT2D eigenvalue weighted by atomic mass is 79.9. The van der Waals surface area contributed by atoms with Crippen LogP contribution in [0.3, 0.4) is 0 Å². The molecule has 1 atom stereocenters. The lowest BCUT2D eigenvalue weighted by atomic mass is 10.1. The number of hydrogen-bond donors (Lipinski definition) is 1. The van der Waals surface area contributed by atoms with Gasteiger partial charge in [-0.25, -0.2) is 0 Å². The van der Waals surface area contributed by atoms with Gasteiger partial charge in [-0.05, 0) is 36.3 Å². The molecule has 6 heteroatoms. The van der Waals surface area contributed by atoms with E-state index in [1.54, 1.807) is 18.2 Å². The first-order valence-electron chi connectivity index (χ1n) is 8.59. The molecule has 1 amide bonds. The number of ether oxygens (including phenoxy) is 2. The van der Waals surface area contributed by atoms with Crippen LogP contribution in [0.4, 0.5) is 0 Å². The van der Waals surface area contributed by atoms with Crippen LogP contribution in [0.2, 0.25) is 0 Å². The van der Waals surface area contributed by atoms with E-state index in [0.29, 0.717) is 28.1 Å². The zero-order valence-electron chi connectivity index (χ0n) is 15.7. The number of methoxy groups -OCH3 is 1. The number of carbonyl (C=O) groups excluding carboxylic acids is 1. The first kappa shape index (κ1) is 21.3. The summed E-state index contributed by atoms with van der Waals surface area (Å²) in [6.45, 7) is 5.82. The van der Waals surface area contributed by atoms with Gasteiger partial charge in [0.1, 0.15) is 18.2 Å². The van der Waals surface area contributed by atoms with Crippen molar-refractivity contribution >= 4 is 27.9 Å². The van der Waals surface area contributed by atoms with E-state index in [2.05, 4.69) is 27.8 Å². The molecule has 1 N–H and O–H groups in total. The van der Waals surface area contributed by atoms with E-state index in [0.717, 1.165) is 5.56 Å². The SMILES string of the molecule is C=CCOc1cc(Br)c(/C=C(/C#N)C(=O)N[C@@H](C)c2ccccc2)cc1OC. The molecule has 0 radical (unpaired) electrons. The van der Waals surface area contributed by atoms with Crippen LogP contribution in [0.15, 0.2) is 65.2 Å². The summed E-state index contributed by atoms with van der Waals surface area (Å²) in [4.78, 5) is 12.6. The van der Waals surface area contributed by atoms with Gasteiger partial charge in [-0.15, -0.1) is 0 Å². The molecule has 0 unspecified atom stereocenters. The Morgan fingerprint density at radius 1 is 1.32 bits per heavy atom. The van der Waals surface area contributed by atoms with Crippen molar-refractivity contribution in [1.82, 2.24) is 5.32 Å². The van der Waals surface area contributed by atoms with E-state index in [9.17, 15) is 10.1 Å². The summed E-state index contributed by atoms with van der Waals surface area (Å²) < 4.78 is 11.6. The van der Waals surface area contributed by atoms with Gasteiger partial charge in [-0.2, -0.15) is 5.26 Å². The third-order valence-corrected chi connectivity index (χ3v) is 4.64. The number of hydrogen-bond acceptors (Lipinski definition) is 4. The van der Waals surface area contributed by atoms with Crippen molar-refractivity contribution in [3.63, 3.8) is 0 Å². The van der Waals surface area contributed by atoms with Gasteiger partial charge in [-0.3, -0.25) is 4.79 Å². The molecule has 2 aromatic rings. The molecule has 0 heterocycles. The van der Waals surface area contributed by atoms with Crippen LogP contribution >= 0.6 is 15.9 Å². The quantitative estimate of drug-likeness (QED) is 0.363. The topological polar surface area (TPSA) is 71.3 Å². The number of rotatable bonds is 8. The van der Waals surface area contributed by atoms with Gasteiger partial charge in [0.15, 0.2) is 11.5 Å². The average molecular weight is 441 g/mol. The molecule has 0 aromatic heterocycles. The molecule has 144 valence electrons. The summed E-state index contributed by atoms with van der Waals surface area (Å²) >= 11 is 3.45. The lowest BCUT2D eigenvalue weighted by molar-refractivity contribution is -0.117. The van der Waals surface area contributed by atoms with Gasteiger partial charge in [0.25, 0.3) is 5.91 Å². The highest BCUT2D eigenvalue weighted by Gasteiger charge is 2.16. The van der Waals surface area contributed by atoms with E-state index in [-0.39, 0.29) is 11.6 Å². The first-order valence-corrected chi connectivity index (χ1v) is 9.38. The number of nitriles is 1. The maximum Gasteiger partial charge on any atom is 0.262 e. The van der Waals surface area contributed by atoms with Gasteiger partial charge in [0.05, 0.1) is 13.2 Å². The molecule has 2 rings (SSSR count). The van der Waals surface area contributed by atoms with E-state index < -0.39 is 5.91 Å². The van der Waals surface area contributed by atoms with E-state index in [1.165, 1.54) is 13.2 Å². The molecule has 0 saturated heterocycles. The minimum absolute atomic E-state index is 0.00899. The van der Waals surface area contributed by atoms with Crippen LogP contribution in [0, 0.1) is 11.3 Å². The van der Waals surface area contributed by atoms with Crippen LogP contribution in [-0.2, 0) is 4.79 Å². The van der Waals surface area contributed by atoms with Gasteiger partial charge in [-0.1, -0.05) is 58.9 Å². The molecular formula is C22H21BrN2O3. The van der Waals surface area contributed by atoms with Crippen LogP contribution < -0.4 is 14.8 Å². The summed E-state index contributed by atoms with van der Waals surface area (Å²) in [5.74, 6) is 0.579. The van der Waals surface area contributed by atoms with Crippen molar-refractivity contribution in [3.8, 4) is 17.6 Å². The number of halogens is 1. The van der Waals surface area contributed by atoms with E-state index in [4.69, 9.17) is 9.47 Å².